The fraction of sp³-hybridized carbons (Fsp3) is 1.00. The average Bonchev–Trinajstić information content (AvgIpc) is 2.87. The Bertz CT molecular complexity index is 719. The SMILES string of the molecule is CCCCCCCCCC(S(=O)(=O)CCCCCCCCCC(F)F)S(=O)(=O)CCCCCCCCCC(F)F. The van der Waals surface area contributed by atoms with Crippen LogP contribution >= 0.6 is 0 Å². The van der Waals surface area contributed by atoms with Crippen molar-refractivity contribution in [3.63, 3.8) is 0 Å². The molecule has 10 heteroatoms. The highest BCUT2D eigenvalue weighted by Crippen LogP contribution is 2.23. The molecule has 0 aromatic carbocycles. The smallest absolute Gasteiger partial charge is 0.227 e. The van der Waals surface area contributed by atoms with Gasteiger partial charge >= 0.3 is 0 Å². The summed E-state index contributed by atoms with van der Waals surface area (Å²) in [6.07, 6.45) is 12.3. The number of rotatable bonds is 30. The first-order chi connectivity index (χ1) is 19.0. The minimum absolute atomic E-state index is 0.0730. The maximum absolute atomic E-state index is 13.2. The molecule has 0 saturated heterocycles. The quantitative estimate of drug-likeness (QED) is 0.0590. The first-order valence-electron chi connectivity index (χ1n) is 16.0. The fourth-order valence-corrected chi connectivity index (χ4v) is 10.2. The van der Waals surface area contributed by atoms with Crippen molar-refractivity contribution in [3.8, 4) is 0 Å². The number of hydrogen-bond acceptors (Lipinski definition) is 4. The van der Waals surface area contributed by atoms with E-state index in [4.69, 9.17) is 0 Å². The van der Waals surface area contributed by atoms with E-state index < -0.39 is 37.1 Å². The van der Waals surface area contributed by atoms with Gasteiger partial charge in [0.1, 0.15) is 0 Å². The maximum atomic E-state index is 13.2. The van der Waals surface area contributed by atoms with E-state index in [-0.39, 0.29) is 30.8 Å². The van der Waals surface area contributed by atoms with Gasteiger partial charge in [0.15, 0.2) is 24.3 Å². The van der Waals surface area contributed by atoms with Gasteiger partial charge in [0.2, 0.25) is 12.9 Å². The summed E-state index contributed by atoms with van der Waals surface area (Å²) in [5, 5.41) is 0. The lowest BCUT2D eigenvalue weighted by molar-refractivity contribution is 0.133. The number of halogens is 4. The molecular formula is C30H58F4O4S2. The Morgan fingerprint density at radius 1 is 0.400 bits per heavy atom. The molecule has 0 unspecified atom stereocenters. The van der Waals surface area contributed by atoms with Gasteiger partial charge in [0, 0.05) is 12.8 Å². The van der Waals surface area contributed by atoms with Crippen molar-refractivity contribution in [2.45, 2.75) is 178 Å². The summed E-state index contributed by atoms with van der Waals surface area (Å²) >= 11 is 0. The molecule has 0 aromatic heterocycles. The van der Waals surface area contributed by atoms with E-state index in [2.05, 4.69) is 6.92 Å². The van der Waals surface area contributed by atoms with Crippen molar-refractivity contribution >= 4 is 19.7 Å². The van der Waals surface area contributed by atoms with Crippen LogP contribution in [0.2, 0.25) is 0 Å². The molecule has 0 fully saturated rings. The van der Waals surface area contributed by atoms with Gasteiger partial charge in [-0.1, -0.05) is 116 Å². The number of alkyl halides is 4. The Morgan fingerprint density at radius 3 is 1.00 bits per heavy atom. The van der Waals surface area contributed by atoms with Crippen LogP contribution in [0, 0.1) is 0 Å². The molecule has 0 bridgehead atoms. The van der Waals surface area contributed by atoms with Crippen LogP contribution in [0.15, 0.2) is 0 Å². The second-order valence-electron chi connectivity index (χ2n) is 11.4. The highest BCUT2D eigenvalue weighted by Gasteiger charge is 2.36. The van der Waals surface area contributed by atoms with Crippen molar-refractivity contribution in [1.82, 2.24) is 0 Å². The Morgan fingerprint density at radius 2 is 0.675 bits per heavy atom. The second kappa shape index (κ2) is 25.1. The standard InChI is InChI=1S/C30H58F4O4S2/c1-2-3-4-5-8-15-20-25-30(39(35,36)26-21-16-11-6-9-13-18-23-28(31)32)40(37,38)27-22-17-12-7-10-14-19-24-29(33)34/h28-30H,2-27H2,1H3. The van der Waals surface area contributed by atoms with E-state index in [9.17, 15) is 34.4 Å². The third-order valence-corrected chi connectivity index (χ3v) is 13.1. The van der Waals surface area contributed by atoms with Gasteiger partial charge in [-0.3, -0.25) is 0 Å². The van der Waals surface area contributed by atoms with Crippen LogP contribution < -0.4 is 0 Å². The Kier molecular flexibility index (Phi) is 24.9. The molecule has 0 aliphatic rings. The number of unbranched alkanes of at least 4 members (excludes halogenated alkanes) is 18. The summed E-state index contributed by atoms with van der Waals surface area (Å²) < 4.78 is 100. The van der Waals surface area contributed by atoms with E-state index >= 15 is 0 Å². The molecule has 242 valence electrons. The highest BCUT2D eigenvalue weighted by atomic mass is 32.3. The lowest BCUT2D eigenvalue weighted by atomic mass is 10.1. The molecule has 0 saturated carbocycles. The molecule has 0 aliphatic heterocycles. The third-order valence-electron chi connectivity index (χ3n) is 7.55. The van der Waals surface area contributed by atoms with Gasteiger partial charge in [-0.05, 0) is 32.1 Å². The van der Waals surface area contributed by atoms with E-state index in [0.717, 1.165) is 83.5 Å². The van der Waals surface area contributed by atoms with Gasteiger partial charge in [0.05, 0.1) is 11.5 Å². The molecule has 0 aliphatic carbocycles. The molecule has 0 N–H and O–H groups in total. The molecule has 40 heavy (non-hydrogen) atoms. The van der Waals surface area contributed by atoms with Crippen molar-refractivity contribution < 1.29 is 34.4 Å². The topological polar surface area (TPSA) is 68.3 Å². The van der Waals surface area contributed by atoms with E-state index in [1.165, 1.54) is 6.42 Å². The van der Waals surface area contributed by atoms with Crippen LogP contribution in [0.1, 0.15) is 161 Å². The van der Waals surface area contributed by atoms with Gasteiger partial charge in [-0.2, -0.15) is 0 Å². The molecule has 0 amide bonds. The monoisotopic (exact) mass is 622 g/mol. The zero-order valence-corrected chi connectivity index (χ0v) is 26.7. The summed E-state index contributed by atoms with van der Waals surface area (Å²) in [5.41, 5.74) is 0. The maximum Gasteiger partial charge on any atom is 0.238 e. The van der Waals surface area contributed by atoms with E-state index in [1.54, 1.807) is 0 Å². The summed E-state index contributed by atoms with van der Waals surface area (Å²) in [6.45, 7) is 2.15. The average molecular weight is 623 g/mol. The van der Waals surface area contributed by atoms with Crippen molar-refractivity contribution in [3.05, 3.63) is 0 Å². The summed E-state index contributed by atoms with van der Waals surface area (Å²) in [7, 11) is -7.58. The molecular weight excluding hydrogens is 564 g/mol. The lowest BCUT2D eigenvalue weighted by Gasteiger charge is -2.19. The van der Waals surface area contributed by atoms with Crippen molar-refractivity contribution in [1.29, 1.82) is 0 Å². The molecule has 0 spiro atoms. The van der Waals surface area contributed by atoms with Crippen LogP contribution in [-0.4, -0.2) is 45.8 Å². The minimum Gasteiger partial charge on any atom is -0.227 e. The molecule has 0 radical (unpaired) electrons. The minimum atomic E-state index is -3.79. The predicted molar refractivity (Wildman–Crippen MR) is 160 cm³/mol. The van der Waals surface area contributed by atoms with Crippen LogP contribution in [0.3, 0.4) is 0 Å². The van der Waals surface area contributed by atoms with Gasteiger partial charge in [-0.15, -0.1) is 0 Å². The van der Waals surface area contributed by atoms with Crippen molar-refractivity contribution in [2.75, 3.05) is 11.5 Å². The van der Waals surface area contributed by atoms with Crippen LogP contribution in [0.4, 0.5) is 17.6 Å². The van der Waals surface area contributed by atoms with Gasteiger partial charge in [0.25, 0.3) is 0 Å². The van der Waals surface area contributed by atoms with E-state index in [1.807, 2.05) is 0 Å². The summed E-state index contributed by atoms with van der Waals surface area (Å²) in [4.78, 5) is 0. The summed E-state index contributed by atoms with van der Waals surface area (Å²) in [6, 6.07) is 0. The first-order valence-corrected chi connectivity index (χ1v) is 19.5. The van der Waals surface area contributed by atoms with Crippen molar-refractivity contribution in [2.24, 2.45) is 0 Å². The van der Waals surface area contributed by atoms with Crippen LogP contribution in [0.25, 0.3) is 0 Å². The molecule has 0 aromatic rings. The highest BCUT2D eigenvalue weighted by molar-refractivity contribution is 8.09. The number of sulfone groups is 2. The normalized spacial score (nSPS) is 12.8. The molecule has 0 atom stereocenters. The van der Waals surface area contributed by atoms with Gasteiger partial charge < -0.3 is 0 Å². The summed E-state index contributed by atoms with van der Waals surface area (Å²) in [5.74, 6) is -0.255. The zero-order valence-electron chi connectivity index (χ0n) is 25.1. The Labute approximate surface area is 243 Å². The number of hydrogen-bond donors (Lipinski definition) is 0. The predicted octanol–water partition coefficient (Wildman–Crippen LogP) is 10.1. The van der Waals surface area contributed by atoms with Crippen LogP contribution in [-0.2, 0) is 19.7 Å². The van der Waals surface area contributed by atoms with E-state index in [0.29, 0.717) is 44.9 Å². The molecule has 4 nitrogen and oxygen atoms in total. The van der Waals surface area contributed by atoms with Crippen LogP contribution in [0.5, 0.6) is 0 Å². The largest absolute Gasteiger partial charge is 0.238 e. The fourth-order valence-electron chi connectivity index (χ4n) is 5.09. The van der Waals surface area contributed by atoms with Gasteiger partial charge in [-0.25, -0.2) is 34.4 Å². The molecule has 0 rings (SSSR count). The molecule has 0 heterocycles. The third kappa shape index (κ3) is 23.2. The Hall–Kier alpha value is -0.380. The lowest BCUT2D eigenvalue weighted by Crippen LogP contribution is -2.34. The Balaban J connectivity index is 4.64. The first kappa shape index (κ1) is 39.6. The second-order valence-corrected chi connectivity index (χ2v) is 16.3. The zero-order chi connectivity index (χ0) is 30.1.